The molecule has 1 heterocycles. The largest absolute Gasteiger partial charge is 0.312 e. The molecule has 1 heteroatoms. The predicted octanol–water partition coefficient (Wildman–Crippen LogP) is 2.20. The molecule has 0 radical (unpaired) electrons. The van der Waals surface area contributed by atoms with Gasteiger partial charge in [0, 0.05) is 13.1 Å². The minimum Gasteiger partial charge on any atom is -0.312 e. The topological polar surface area (TPSA) is 12.0 Å². The first-order valence-corrected chi connectivity index (χ1v) is 4.58. The predicted molar refractivity (Wildman–Crippen MR) is 51.3 cm³/mol. The van der Waals surface area contributed by atoms with Gasteiger partial charge in [-0.15, -0.1) is 0 Å². The van der Waals surface area contributed by atoms with Crippen LogP contribution in [0.4, 0.5) is 0 Å². The van der Waals surface area contributed by atoms with E-state index in [0.717, 1.165) is 13.1 Å². The number of hydrogen-bond acceptors (Lipinski definition) is 1. The van der Waals surface area contributed by atoms with Crippen LogP contribution in [0.1, 0.15) is 29.5 Å². The van der Waals surface area contributed by atoms with Crippen LogP contribution in [0.15, 0.2) is 18.2 Å². The first kappa shape index (κ1) is 7.81. The van der Waals surface area contributed by atoms with Crippen LogP contribution in [-0.2, 0) is 6.54 Å². The Balaban J connectivity index is 2.52. The van der Waals surface area contributed by atoms with Crippen molar-refractivity contribution in [2.45, 2.75) is 26.3 Å². The van der Waals surface area contributed by atoms with Crippen molar-refractivity contribution in [1.29, 1.82) is 0 Å². The Morgan fingerprint density at radius 3 is 3.00 bits per heavy atom. The highest BCUT2D eigenvalue weighted by Gasteiger charge is 2.16. The molecule has 0 unspecified atom stereocenters. The Kier molecular flexibility index (Phi) is 1.89. The van der Waals surface area contributed by atoms with Crippen LogP contribution in [0.25, 0.3) is 0 Å². The molecule has 0 amide bonds. The van der Waals surface area contributed by atoms with Crippen LogP contribution in [-0.4, -0.2) is 6.54 Å². The standard InChI is InChI=1S/C11H15N/c1-8-4-3-5-10-9(2)6-12-7-11(8)10/h3-5,9,12H,6-7H2,1-2H3/t9-/m0/s1. The number of hydrogen-bond donors (Lipinski definition) is 1. The molecule has 0 aliphatic carbocycles. The zero-order valence-corrected chi connectivity index (χ0v) is 7.72. The van der Waals surface area contributed by atoms with E-state index in [2.05, 4.69) is 37.4 Å². The Morgan fingerprint density at radius 2 is 2.25 bits per heavy atom. The summed E-state index contributed by atoms with van der Waals surface area (Å²) >= 11 is 0. The molecule has 0 saturated carbocycles. The maximum atomic E-state index is 3.43. The summed E-state index contributed by atoms with van der Waals surface area (Å²) < 4.78 is 0. The number of nitrogens with one attached hydrogen (secondary N) is 1. The fourth-order valence-electron chi connectivity index (χ4n) is 1.95. The number of rotatable bonds is 0. The second-order valence-electron chi connectivity index (χ2n) is 3.67. The van der Waals surface area contributed by atoms with Crippen molar-refractivity contribution in [3.05, 3.63) is 34.9 Å². The Morgan fingerprint density at radius 1 is 1.42 bits per heavy atom. The van der Waals surface area contributed by atoms with Gasteiger partial charge < -0.3 is 5.32 Å². The van der Waals surface area contributed by atoms with E-state index >= 15 is 0 Å². The Hall–Kier alpha value is -0.820. The number of aryl methyl sites for hydroxylation is 1. The summed E-state index contributed by atoms with van der Waals surface area (Å²) in [6.07, 6.45) is 0. The third-order valence-corrected chi connectivity index (χ3v) is 2.73. The highest BCUT2D eigenvalue weighted by molar-refractivity contribution is 5.38. The lowest BCUT2D eigenvalue weighted by atomic mass is 9.90. The van der Waals surface area contributed by atoms with Crippen molar-refractivity contribution in [1.82, 2.24) is 5.32 Å². The molecule has 1 atom stereocenters. The third kappa shape index (κ3) is 1.14. The first-order chi connectivity index (χ1) is 5.79. The van der Waals surface area contributed by atoms with Gasteiger partial charge in [-0.3, -0.25) is 0 Å². The second kappa shape index (κ2) is 2.91. The van der Waals surface area contributed by atoms with Crippen LogP contribution in [0.2, 0.25) is 0 Å². The van der Waals surface area contributed by atoms with Crippen LogP contribution < -0.4 is 5.32 Å². The Labute approximate surface area is 73.8 Å². The van der Waals surface area contributed by atoms with Crippen molar-refractivity contribution in [3.63, 3.8) is 0 Å². The van der Waals surface area contributed by atoms with E-state index in [-0.39, 0.29) is 0 Å². The van der Waals surface area contributed by atoms with Gasteiger partial charge in [0.15, 0.2) is 0 Å². The molecule has 1 nitrogen and oxygen atoms in total. The van der Waals surface area contributed by atoms with E-state index in [1.807, 2.05) is 0 Å². The summed E-state index contributed by atoms with van der Waals surface area (Å²) in [7, 11) is 0. The average molecular weight is 161 g/mol. The quantitative estimate of drug-likeness (QED) is 0.615. The van der Waals surface area contributed by atoms with Crippen molar-refractivity contribution < 1.29 is 0 Å². The third-order valence-electron chi connectivity index (χ3n) is 2.73. The van der Waals surface area contributed by atoms with Crippen molar-refractivity contribution in [3.8, 4) is 0 Å². The van der Waals surface area contributed by atoms with Gasteiger partial charge in [0.1, 0.15) is 0 Å². The lowest BCUT2D eigenvalue weighted by Gasteiger charge is -2.24. The fraction of sp³-hybridized carbons (Fsp3) is 0.455. The maximum absolute atomic E-state index is 3.43. The molecular formula is C11H15N. The van der Waals surface area contributed by atoms with Gasteiger partial charge in [-0.2, -0.15) is 0 Å². The molecule has 1 aliphatic heterocycles. The maximum Gasteiger partial charge on any atom is 0.0211 e. The van der Waals surface area contributed by atoms with Crippen LogP contribution in [0.3, 0.4) is 0 Å². The molecule has 1 N–H and O–H groups in total. The Bertz CT molecular complexity index is 291. The minimum absolute atomic E-state index is 0.675. The monoisotopic (exact) mass is 161 g/mol. The highest BCUT2D eigenvalue weighted by atomic mass is 14.9. The smallest absolute Gasteiger partial charge is 0.0211 e. The van der Waals surface area contributed by atoms with E-state index in [9.17, 15) is 0 Å². The summed E-state index contributed by atoms with van der Waals surface area (Å²) in [5.41, 5.74) is 4.47. The van der Waals surface area contributed by atoms with Crippen molar-refractivity contribution >= 4 is 0 Å². The molecule has 0 spiro atoms. The molecule has 12 heavy (non-hydrogen) atoms. The number of benzene rings is 1. The van der Waals surface area contributed by atoms with E-state index in [1.54, 1.807) is 0 Å². The normalized spacial score (nSPS) is 22.0. The SMILES string of the molecule is Cc1cccc2c1CNC[C@@H]2C. The van der Waals surface area contributed by atoms with Gasteiger partial charge in [-0.05, 0) is 29.5 Å². The second-order valence-corrected chi connectivity index (χ2v) is 3.67. The summed E-state index contributed by atoms with van der Waals surface area (Å²) in [6.45, 7) is 6.64. The van der Waals surface area contributed by atoms with E-state index in [4.69, 9.17) is 0 Å². The summed E-state index contributed by atoms with van der Waals surface area (Å²) in [5, 5.41) is 3.43. The van der Waals surface area contributed by atoms with Crippen molar-refractivity contribution in [2.75, 3.05) is 6.54 Å². The molecule has 0 aromatic heterocycles. The van der Waals surface area contributed by atoms with Gasteiger partial charge in [-0.25, -0.2) is 0 Å². The lowest BCUT2D eigenvalue weighted by Crippen LogP contribution is -2.27. The van der Waals surface area contributed by atoms with Crippen molar-refractivity contribution in [2.24, 2.45) is 0 Å². The first-order valence-electron chi connectivity index (χ1n) is 4.58. The molecule has 0 saturated heterocycles. The fourth-order valence-corrected chi connectivity index (χ4v) is 1.95. The van der Waals surface area contributed by atoms with Crippen LogP contribution >= 0.6 is 0 Å². The molecule has 1 aromatic carbocycles. The van der Waals surface area contributed by atoms with E-state index in [0.29, 0.717) is 5.92 Å². The molecule has 0 bridgehead atoms. The molecule has 64 valence electrons. The summed E-state index contributed by atoms with van der Waals surface area (Å²) in [5.74, 6) is 0.675. The van der Waals surface area contributed by atoms with Gasteiger partial charge in [0.2, 0.25) is 0 Å². The zero-order valence-electron chi connectivity index (χ0n) is 7.72. The summed E-state index contributed by atoms with van der Waals surface area (Å²) in [4.78, 5) is 0. The molecule has 1 aliphatic rings. The van der Waals surface area contributed by atoms with Crippen LogP contribution in [0.5, 0.6) is 0 Å². The molecule has 1 aromatic rings. The van der Waals surface area contributed by atoms with Gasteiger partial charge >= 0.3 is 0 Å². The van der Waals surface area contributed by atoms with E-state index < -0.39 is 0 Å². The van der Waals surface area contributed by atoms with Crippen LogP contribution in [0, 0.1) is 6.92 Å². The molecule has 2 rings (SSSR count). The van der Waals surface area contributed by atoms with E-state index in [1.165, 1.54) is 16.7 Å². The van der Waals surface area contributed by atoms with Gasteiger partial charge in [0.05, 0.1) is 0 Å². The minimum atomic E-state index is 0.675. The molecular weight excluding hydrogens is 146 g/mol. The van der Waals surface area contributed by atoms with Gasteiger partial charge in [-0.1, -0.05) is 25.1 Å². The zero-order chi connectivity index (χ0) is 8.55. The summed E-state index contributed by atoms with van der Waals surface area (Å²) in [6, 6.07) is 6.61. The van der Waals surface area contributed by atoms with Gasteiger partial charge in [0.25, 0.3) is 0 Å². The highest BCUT2D eigenvalue weighted by Crippen LogP contribution is 2.25. The number of fused-ring (bicyclic) bond motifs is 1. The lowest BCUT2D eigenvalue weighted by molar-refractivity contribution is 0.569. The molecule has 0 fully saturated rings. The average Bonchev–Trinajstić information content (AvgIpc) is 2.07.